The van der Waals surface area contributed by atoms with E-state index in [0.717, 1.165) is 25.7 Å². The SMILES string of the molecule is C[C@H]1C=CC2CCCCC2C1C(=O)C12N=NCC1[C@]1(O)[C@H](C(=O)O)CCN1C2=O. The number of hydrogen-bond acceptors (Lipinski definition) is 6. The van der Waals surface area contributed by atoms with Gasteiger partial charge in [0.2, 0.25) is 5.54 Å². The van der Waals surface area contributed by atoms with Crippen LogP contribution in [0.5, 0.6) is 0 Å². The van der Waals surface area contributed by atoms with Gasteiger partial charge in [0, 0.05) is 12.5 Å². The van der Waals surface area contributed by atoms with Gasteiger partial charge in [-0.05, 0) is 37.0 Å². The summed E-state index contributed by atoms with van der Waals surface area (Å²) in [7, 11) is 0. The van der Waals surface area contributed by atoms with Crippen molar-refractivity contribution in [3.05, 3.63) is 12.2 Å². The number of carbonyl (C=O) groups excluding carboxylic acids is 2. The first kappa shape index (κ1) is 18.9. The number of rotatable bonds is 3. The number of hydrogen-bond donors (Lipinski definition) is 2. The van der Waals surface area contributed by atoms with Crippen LogP contribution in [0.1, 0.15) is 39.0 Å². The number of Topliss-reactive ketones (excluding diaryl/α,β-unsaturated/α-hetero) is 1. The Morgan fingerprint density at radius 2 is 1.97 bits per heavy atom. The second-order valence-electron chi connectivity index (χ2n) is 9.41. The maximum absolute atomic E-state index is 14.0. The van der Waals surface area contributed by atoms with Gasteiger partial charge in [0.25, 0.3) is 5.91 Å². The van der Waals surface area contributed by atoms with Gasteiger partial charge >= 0.3 is 5.97 Å². The third-order valence-corrected chi connectivity index (χ3v) is 8.21. The van der Waals surface area contributed by atoms with Crippen molar-refractivity contribution in [3.63, 3.8) is 0 Å². The van der Waals surface area contributed by atoms with Crippen molar-refractivity contribution in [2.75, 3.05) is 13.1 Å². The second kappa shape index (κ2) is 6.20. The van der Waals surface area contributed by atoms with E-state index in [1.165, 1.54) is 4.90 Å². The normalized spacial score (nSPS) is 47.8. The predicted octanol–water partition coefficient (Wildman–Crippen LogP) is 1.64. The molecule has 3 fully saturated rings. The number of aliphatic hydroxyl groups is 1. The Morgan fingerprint density at radius 3 is 2.72 bits per heavy atom. The summed E-state index contributed by atoms with van der Waals surface area (Å²) in [5, 5.41) is 29.3. The molecule has 2 saturated heterocycles. The number of ketones is 1. The van der Waals surface area contributed by atoms with E-state index in [1.807, 2.05) is 6.92 Å². The van der Waals surface area contributed by atoms with Gasteiger partial charge in [0.05, 0.1) is 12.5 Å². The van der Waals surface area contributed by atoms with Crippen LogP contribution in [0.3, 0.4) is 0 Å². The lowest BCUT2D eigenvalue weighted by Crippen LogP contribution is -2.56. The van der Waals surface area contributed by atoms with Gasteiger partial charge in [0.15, 0.2) is 11.5 Å². The summed E-state index contributed by atoms with van der Waals surface area (Å²) in [5.41, 5.74) is -3.67. The van der Waals surface area contributed by atoms with Crippen LogP contribution >= 0.6 is 0 Å². The smallest absolute Gasteiger partial charge is 0.311 e. The largest absolute Gasteiger partial charge is 0.481 e. The van der Waals surface area contributed by atoms with Gasteiger partial charge in [-0.15, -0.1) is 0 Å². The molecule has 1 amide bonds. The highest BCUT2D eigenvalue weighted by atomic mass is 16.4. The van der Waals surface area contributed by atoms with E-state index < -0.39 is 35.0 Å². The van der Waals surface area contributed by atoms with Crippen LogP contribution < -0.4 is 0 Å². The lowest BCUT2D eigenvalue weighted by atomic mass is 9.60. The van der Waals surface area contributed by atoms with Gasteiger partial charge in [-0.2, -0.15) is 10.2 Å². The third-order valence-electron chi connectivity index (χ3n) is 8.21. The molecule has 5 unspecified atom stereocenters. The van der Waals surface area contributed by atoms with Crippen LogP contribution in [0.2, 0.25) is 0 Å². The zero-order valence-electron chi connectivity index (χ0n) is 16.5. The monoisotopic (exact) mass is 401 g/mol. The maximum atomic E-state index is 14.0. The van der Waals surface area contributed by atoms with Crippen LogP contribution in [0, 0.1) is 35.5 Å². The third kappa shape index (κ3) is 2.21. The van der Waals surface area contributed by atoms with E-state index in [9.17, 15) is 24.6 Å². The molecular weight excluding hydrogens is 374 g/mol. The fourth-order valence-electron chi connectivity index (χ4n) is 6.83. The van der Waals surface area contributed by atoms with Crippen LogP contribution in [0.25, 0.3) is 0 Å². The maximum Gasteiger partial charge on any atom is 0.311 e. The lowest BCUT2D eigenvalue weighted by molar-refractivity contribution is -0.168. The number of fused-ring (bicyclic) bond motifs is 4. The molecule has 0 bridgehead atoms. The van der Waals surface area contributed by atoms with Crippen LogP contribution in [-0.2, 0) is 14.4 Å². The molecule has 3 heterocycles. The molecule has 2 aliphatic carbocycles. The zero-order valence-corrected chi connectivity index (χ0v) is 16.5. The minimum Gasteiger partial charge on any atom is -0.481 e. The summed E-state index contributed by atoms with van der Waals surface area (Å²) < 4.78 is 0. The molecule has 0 radical (unpaired) electrons. The molecule has 0 aromatic rings. The van der Waals surface area contributed by atoms with Crippen molar-refractivity contribution in [2.45, 2.75) is 50.3 Å². The number of carbonyl (C=O) groups is 3. The van der Waals surface area contributed by atoms with Crippen molar-refractivity contribution < 1.29 is 24.6 Å². The highest BCUT2D eigenvalue weighted by Crippen LogP contribution is 2.56. The standard InChI is InChI=1S/C21H27N3O5/c1-11-6-7-12-4-2-3-5-13(12)16(11)17(25)20-15(10-22-23-20)21(29)14(18(26)27)8-9-24(21)19(20)28/h6-7,11-16,29H,2-5,8-10H2,1H3,(H,26,27)/t11-,12?,13?,14-,15?,16?,20?,21+/m0/s1. The Balaban J connectivity index is 1.57. The number of carboxylic acid groups (broad SMARTS) is 1. The van der Waals surface area contributed by atoms with Gasteiger partial charge in [-0.3, -0.25) is 14.4 Å². The molecular formula is C21H27N3O5. The quantitative estimate of drug-likeness (QED) is 0.550. The van der Waals surface area contributed by atoms with Crippen molar-refractivity contribution in [1.82, 2.24) is 4.90 Å². The Morgan fingerprint density at radius 1 is 1.21 bits per heavy atom. The number of carboxylic acids is 1. The first-order valence-corrected chi connectivity index (χ1v) is 10.7. The minimum atomic E-state index is -1.90. The zero-order chi connectivity index (χ0) is 20.6. The Hall–Kier alpha value is -2.09. The van der Waals surface area contributed by atoms with E-state index in [0.29, 0.717) is 5.92 Å². The van der Waals surface area contributed by atoms with Crippen molar-refractivity contribution in [3.8, 4) is 0 Å². The summed E-state index contributed by atoms with van der Waals surface area (Å²) in [5.74, 6) is -3.94. The molecule has 5 aliphatic rings. The molecule has 5 rings (SSSR count). The van der Waals surface area contributed by atoms with Gasteiger partial charge in [0.1, 0.15) is 5.92 Å². The summed E-state index contributed by atoms with van der Waals surface area (Å²) in [6.07, 6.45) is 8.64. The molecule has 8 nitrogen and oxygen atoms in total. The minimum absolute atomic E-state index is 0.000699. The molecule has 0 aromatic heterocycles. The number of azo groups is 1. The highest BCUT2D eigenvalue weighted by Gasteiger charge is 2.77. The average Bonchev–Trinajstić information content (AvgIpc) is 3.33. The van der Waals surface area contributed by atoms with Crippen LogP contribution in [-0.4, -0.2) is 57.1 Å². The van der Waals surface area contributed by atoms with Crippen molar-refractivity contribution in [1.29, 1.82) is 0 Å². The number of allylic oxidation sites excluding steroid dienone is 2. The summed E-state index contributed by atoms with van der Waals surface area (Å²) in [6, 6.07) is 0. The van der Waals surface area contributed by atoms with Gasteiger partial charge in [-0.25, -0.2) is 0 Å². The fourth-order valence-corrected chi connectivity index (χ4v) is 6.83. The summed E-state index contributed by atoms with van der Waals surface area (Å²) in [6.45, 7) is 2.12. The topological polar surface area (TPSA) is 120 Å². The molecule has 8 heteroatoms. The summed E-state index contributed by atoms with van der Waals surface area (Å²) >= 11 is 0. The van der Waals surface area contributed by atoms with E-state index in [1.54, 1.807) is 0 Å². The molecule has 29 heavy (non-hydrogen) atoms. The lowest BCUT2D eigenvalue weighted by Gasteiger charge is -2.43. The first-order valence-electron chi connectivity index (χ1n) is 10.7. The van der Waals surface area contributed by atoms with Gasteiger partial charge in [-0.1, -0.05) is 31.9 Å². The molecule has 3 aliphatic heterocycles. The highest BCUT2D eigenvalue weighted by molar-refractivity contribution is 6.15. The second-order valence-corrected chi connectivity index (χ2v) is 9.41. The predicted molar refractivity (Wildman–Crippen MR) is 101 cm³/mol. The Bertz CT molecular complexity index is 840. The van der Waals surface area contributed by atoms with Crippen LogP contribution in [0.4, 0.5) is 0 Å². The molecule has 0 aromatic carbocycles. The van der Waals surface area contributed by atoms with Crippen molar-refractivity contribution >= 4 is 17.7 Å². The van der Waals surface area contributed by atoms with E-state index in [-0.39, 0.29) is 43.0 Å². The number of aliphatic carboxylic acids is 1. The summed E-state index contributed by atoms with van der Waals surface area (Å²) in [4.78, 5) is 40.5. The van der Waals surface area contributed by atoms with Crippen molar-refractivity contribution in [2.24, 2.45) is 45.7 Å². The Kier molecular flexibility index (Phi) is 4.04. The number of amides is 1. The molecule has 0 spiro atoms. The molecule has 8 atom stereocenters. The Labute approximate surface area is 169 Å². The van der Waals surface area contributed by atoms with Crippen LogP contribution in [0.15, 0.2) is 22.4 Å². The van der Waals surface area contributed by atoms with E-state index in [4.69, 9.17) is 0 Å². The fraction of sp³-hybridized carbons (Fsp3) is 0.762. The molecule has 2 N–H and O–H groups in total. The van der Waals surface area contributed by atoms with Gasteiger partial charge < -0.3 is 15.1 Å². The first-order chi connectivity index (χ1) is 13.8. The average molecular weight is 401 g/mol. The molecule has 156 valence electrons. The molecule has 1 saturated carbocycles. The van der Waals surface area contributed by atoms with E-state index in [2.05, 4.69) is 22.4 Å². The van der Waals surface area contributed by atoms with E-state index >= 15 is 0 Å². The number of nitrogens with zero attached hydrogens (tertiary/aromatic N) is 3.